The lowest BCUT2D eigenvalue weighted by Crippen LogP contribution is -2.32. The second-order valence-corrected chi connectivity index (χ2v) is 9.76. The Morgan fingerprint density at radius 3 is 2.45 bits per heavy atom. The van der Waals surface area contributed by atoms with Gasteiger partial charge in [0.15, 0.2) is 11.5 Å². The minimum absolute atomic E-state index is 0.111. The number of rotatable bonds is 8. The van der Waals surface area contributed by atoms with Gasteiger partial charge in [0.25, 0.3) is 5.91 Å². The summed E-state index contributed by atoms with van der Waals surface area (Å²) in [5, 5.41) is -0.287. The van der Waals surface area contributed by atoms with Crippen LogP contribution in [0.5, 0.6) is 11.5 Å². The third-order valence-electron chi connectivity index (χ3n) is 4.72. The van der Waals surface area contributed by atoms with E-state index in [4.69, 9.17) is 20.5 Å². The van der Waals surface area contributed by atoms with Crippen LogP contribution in [0.25, 0.3) is 0 Å². The Balaban J connectivity index is 1.88. The summed E-state index contributed by atoms with van der Waals surface area (Å²) in [5.41, 5.74) is 1.19. The quantitative estimate of drug-likeness (QED) is 0.576. The van der Waals surface area contributed by atoms with Crippen molar-refractivity contribution < 1.29 is 22.1 Å². The fraction of sp³-hybridized carbons (Fsp3) is 0.381. The van der Waals surface area contributed by atoms with Crippen molar-refractivity contribution in [2.45, 2.75) is 44.5 Å². The summed E-state index contributed by atoms with van der Waals surface area (Å²) in [6.07, 6.45) is 1.86. The summed E-state index contributed by atoms with van der Waals surface area (Å²) in [4.78, 5) is 14.8. The van der Waals surface area contributed by atoms with Crippen molar-refractivity contribution in [2.75, 3.05) is 7.11 Å². The summed E-state index contributed by atoms with van der Waals surface area (Å²) in [7, 11) is -2.33. The number of hydrogen-bond acceptors (Lipinski definition) is 5. The summed E-state index contributed by atoms with van der Waals surface area (Å²) in [6, 6.07) is 12.1. The molecule has 0 spiro atoms. The molecule has 1 aliphatic rings. The molecule has 0 heterocycles. The Morgan fingerprint density at radius 2 is 1.86 bits per heavy atom. The van der Waals surface area contributed by atoms with Gasteiger partial charge >= 0.3 is 10.1 Å². The van der Waals surface area contributed by atoms with Crippen LogP contribution in [-0.4, -0.2) is 37.6 Å². The van der Waals surface area contributed by atoms with E-state index in [-0.39, 0.29) is 17.7 Å². The molecule has 1 fully saturated rings. The molecule has 156 valence electrons. The first-order valence-electron chi connectivity index (χ1n) is 9.38. The van der Waals surface area contributed by atoms with Gasteiger partial charge in [0, 0.05) is 12.6 Å². The van der Waals surface area contributed by atoms with Gasteiger partial charge in [-0.1, -0.05) is 29.8 Å². The third-order valence-corrected chi connectivity index (χ3v) is 6.61. The largest absolute Gasteiger partial charge is 0.493 e. The van der Waals surface area contributed by atoms with Crippen LogP contribution in [0.2, 0.25) is 5.02 Å². The van der Waals surface area contributed by atoms with Gasteiger partial charge in [0.2, 0.25) is 0 Å². The molecule has 0 aromatic heterocycles. The zero-order valence-electron chi connectivity index (χ0n) is 16.6. The van der Waals surface area contributed by atoms with E-state index in [1.165, 1.54) is 7.11 Å². The summed E-state index contributed by atoms with van der Waals surface area (Å²) >= 11 is 6.21. The van der Waals surface area contributed by atoms with E-state index in [2.05, 4.69) is 0 Å². The predicted molar refractivity (Wildman–Crippen MR) is 112 cm³/mol. The lowest BCUT2D eigenvalue weighted by atomic mass is 10.1. The maximum absolute atomic E-state index is 13.1. The van der Waals surface area contributed by atoms with Crippen LogP contribution in [0.15, 0.2) is 42.5 Å². The molecule has 1 aliphatic carbocycles. The van der Waals surface area contributed by atoms with Crippen molar-refractivity contribution in [3.63, 3.8) is 0 Å². The molecule has 0 atom stereocenters. The molecule has 0 bridgehead atoms. The minimum atomic E-state index is -3.78. The van der Waals surface area contributed by atoms with Gasteiger partial charge in [-0.25, -0.2) is 0 Å². The van der Waals surface area contributed by atoms with E-state index < -0.39 is 15.4 Å². The maximum atomic E-state index is 13.1. The maximum Gasteiger partial charge on any atom is 0.311 e. The molecule has 0 aliphatic heterocycles. The molecule has 3 rings (SSSR count). The zero-order valence-corrected chi connectivity index (χ0v) is 18.2. The zero-order chi connectivity index (χ0) is 21.2. The smallest absolute Gasteiger partial charge is 0.311 e. The van der Waals surface area contributed by atoms with Crippen LogP contribution in [0, 0.1) is 0 Å². The van der Waals surface area contributed by atoms with E-state index in [9.17, 15) is 13.2 Å². The lowest BCUT2D eigenvalue weighted by Gasteiger charge is -2.24. The molecule has 6 nitrogen and oxygen atoms in total. The molecule has 2 aromatic rings. The van der Waals surface area contributed by atoms with Crippen LogP contribution in [0.1, 0.15) is 42.6 Å². The van der Waals surface area contributed by atoms with Gasteiger partial charge in [-0.2, -0.15) is 8.42 Å². The van der Waals surface area contributed by atoms with Crippen LogP contribution in [0.4, 0.5) is 0 Å². The molecule has 29 heavy (non-hydrogen) atoms. The van der Waals surface area contributed by atoms with Gasteiger partial charge in [0.1, 0.15) is 0 Å². The van der Waals surface area contributed by atoms with Gasteiger partial charge in [0.05, 0.1) is 22.9 Å². The van der Waals surface area contributed by atoms with Crippen molar-refractivity contribution in [2.24, 2.45) is 0 Å². The Labute approximate surface area is 176 Å². The van der Waals surface area contributed by atoms with Crippen molar-refractivity contribution in [1.29, 1.82) is 0 Å². The van der Waals surface area contributed by atoms with Crippen molar-refractivity contribution in [3.05, 3.63) is 58.6 Å². The molecule has 0 N–H and O–H groups in total. The van der Waals surface area contributed by atoms with E-state index in [0.717, 1.165) is 18.4 Å². The summed E-state index contributed by atoms with van der Waals surface area (Å²) < 4.78 is 34.9. The van der Waals surface area contributed by atoms with E-state index in [1.807, 2.05) is 0 Å². The Morgan fingerprint density at radius 1 is 1.17 bits per heavy atom. The molecule has 1 saturated carbocycles. The molecule has 0 radical (unpaired) electrons. The van der Waals surface area contributed by atoms with Crippen molar-refractivity contribution >= 4 is 27.6 Å². The van der Waals surface area contributed by atoms with Crippen LogP contribution in [-0.2, 0) is 16.7 Å². The van der Waals surface area contributed by atoms with Crippen molar-refractivity contribution in [1.82, 2.24) is 4.90 Å². The molecular formula is C21H24ClNO5S. The number of halogens is 1. The SMILES string of the molecule is COc1ccc(CN(C(=O)c2ccccc2Cl)C2CC2)cc1OS(=O)(=O)C(C)C. The highest BCUT2D eigenvalue weighted by Crippen LogP contribution is 2.34. The van der Waals surface area contributed by atoms with E-state index in [0.29, 0.717) is 22.9 Å². The predicted octanol–water partition coefficient (Wildman–Crippen LogP) is 4.27. The number of benzene rings is 2. The lowest BCUT2D eigenvalue weighted by molar-refractivity contribution is 0.0730. The molecule has 0 unspecified atom stereocenters. The monoisotopic (exact) mass is 437 g/mol. The number of methoxy groups -OCH3 is 1. The van der Waals surface area contributed by atoms with Gasteiger partial charge in [-0.15, -0.1) is 0 Å². The molecular weight excluding hydrogens is 414 g/mol. The first-order chi connectivity index (χ1) is 13.7. The minimum Gasteiger partial charge on any atom is -0.493 e. The molecule has 1 amide bonds. The standard InChI is InChI=1S/C21H24ClNO5S/c1-14(2)29(25,26)28-20-12-15(8-11-19(20)27-3)13-23(16-9-10-16)21(24)17-6-4-5-7-18(17)22/h4-8,11-12,14,16H,9-10,13H2,1-3H3. The summed E-state index contributed by atoms with van der Waals surface area (Å²) in [5.74, 6) is 0.277. The van der Waals surface area contributed by atoms with Crippen LogP contribution >= 0.6 is 11.6 Å². The first-order valence-corrected chi connectivity index (χ1v) is 11.2. The third kappa shape index (κ3) is 5.03. The Kier molecular flexibility index (Phi) is 6.39. The summed E-state index contributed by atoms with van der Waals surface area (Å²) in [6.45, 7) is 3.41. The topological polar surface area (TPSA) is 72.9 Å². The highest BCUT2D eigenvalue weighted by atomic mass is 35.5. The second kappa shape index (κ2) is 8.63. The number of nitrogens with zero attached hydrogens (tertiary/aromatic N) is 1. The van der Waals surface area contributed by atoms with Gasteiger partial charge in [-0.05, 0) is 56.5 Å². The Hall–Kier alpha value is -2.25. The van der Waals surface area contributed by atoms with Crippen LogP contribution < -0.4 is 8.92 Å². The normalized spacial score (nSPS) is 14.0. The first kappa shape index (κ1) is 21.5. The van der Waals surface area contributed by atoms with Gasteiger partial charge in [-0.3, -0.25) is 4.79 Å². The van der Waals surface area contributed by atoms with Crippen molar-refractivity contribution in [3.8, 4) is 11.5 Å². The number of carbonyl (C=O) groups excluding carboxylic acids is 1. The molecule has 8 heteroatoms. The highest BCUT2D eigenvalue weighted by molar-refractivity contribution is 7.87. The number of amides is 1. The number of hydrogen-bond donors (Lipinski definition) is 0. The fourth-order valence-corrected chi connectivity index (χ4v) is 3.63. The average molecular weight is 438 g/mol. The highest BCUT2D eigenvalue weighted by Gasteiger charge is 2.34. The second-order valence-electron chi connectivity index (χ2n) is 7.25. The van der Waals surface area contributed by atoms with Crippen LogP contribution in [0.3, 0.4) is 0 Å². The van der Waals surface area contributed by atoms with Gasteiger partial charge < -0.3 is 13.8 Å². The average Bonchev–Trinajstić information content (AvgIpc) is 3.51. The van der Waals surface area contributed by atoms with E-state index >= 15 is 0 Å². The number of ether oxygens (including phenoxy) is 1. The molecule has 2 aromatic carbocycles. The fourth-order valence-electron chi connectivity index (χ4n) is 2.84. The number of carbonyl (C=O) groups is 1. The van der Waals surface area contributed by atoms with E-state index in [1.54, 1.807) is 61.2 Å². The molecule has 0 saturated heterocycles. The Bertz CT molecular complexity index is 1000.